The molecule has 0 saturated carbocycles. The summed E-state index contributed by atoms with van der Waals surface area (Å²) in [6.45, 7) is 3.82. The second kappa shape index (κ2) is 9.21. The molecule has 2 aromatic rings. The number of amides is 2. The number of hydrogen-bond acceptors (Lipinski definition) is 3. The molecule has 1 fully saturated rings. The van der Waals surface area contributed by atoms with Gasteiger partial charge in [-0.15, -0.1) is 0 Å². The lowest BCUT2D eigenvalue weighted by molar-refractivity contribution is -0.132. The number of nitrogens with zero attached hydrogens (tertiary/aromatic N) is 1. The van der Waals surface area contributed by atoms with E-state index in [0.29, 0.717) is 26.1 Å². The van der Waals surface area contributed by atoms with Crippen molar-refractivity contribution in [2.24, 2.45) is 5.92 Å². The van der Waals surface area contributed by atoms with Crippen molar-refractivity contribution in [3.8, 4) is 5.75 Å². The number of hydrogen-bond donors (Lipinski definition) is 1. The minimum Gasteiger partial charge on any atom is -0.494 e. The molecule has 1 aliphatic rings. The van der Waals surface area contributed by atoms with E-state index >= 15 is 0 Å². The smallest absolute Gasteiger partial charge is 0.239 e. The molecule has 0 aliphatic carbocycles. The predicted octanol–water partition coefficient (Wildman–Crippen LogP) is 3.53. The number of benzene rings is 2. The summed E-state index contributed by atoms with van der Waals surface area (Å²) in [5.41, 5.74) is 1.83. The Bertz CT molecular complexity index is 759. The molecule has 5 nitrogen and oxygen atoms in total. The van der Waals surface area contributed by atoms with Gasteiger partial charge in [0.05, 0.1) is 6.61 Å². The van der Waals surface area contributed by atoms with Gasteiger partial charge < -0.3 is 15.0 Å². The molecule has 1 aliphatic heterocycles. The average Bonchev–Trinajstić information content (AvgIpc) is 3.09. The maximum absolute atomic E-state index is 12.6. The number of unbranched alkanes of at least 4 members (excludes halogenated alkanes) is 1. The minimum atomic E-state index is -0.609. The zero-order valence-corrected chi connectivity index (χ0v) is 15.7. The van der Waals surface area contributed by atoms with Gasteiger partial charge in [-0.3, -0.25) is 9.59 Å². The van der Waals surface area contributed by atoms with E-state index in [0.717, 1.165) is 29.8 Å². The van der Waals surface area contributed by atoms with E-state index < -0.39 is 5.92 Å². The van der Waals surface area contributed by atoms with Crippen molar-refractivity contribution >= 4 is 17.5 Å². The van der Waals surface area contributed by atoms with E-state index in [9.17, 15) is 9.59 Å². The SMILES string of the molecule is CCCCOc1ccc(CNC(=O)C2CCN(c3ccccc3)C2=O)cc1. The van der Waals surface area contributed by atoms with Crippen LogP contribution in [-0.2, 0) is 16.1 Å². The van der Waals surface area contributed by atoms with Crippen molar-refractivity contribution in [1.29, 1.82) is 0 Å². The number of nitrogens with one attached hydrogen (secondary N) is 1. The summed E-state index contributed by atoms with van der Waals surface area (Å²) in [5, 5.41) is 2.89. The van der Waals surface area contributed by atoms with Crippen molar-refractivity contribution in [2.45, 2.75) is 32.7 Å². The molecule has 0 aromatic heterocycles. The molecular weight excluding hydrogens is 340 g/mol. The van der Waals surface area contributed by atoms with Gasteiger partial charge >= 0.3 is 0 Å². The summed E-state index contributed by atoms with van der Waals surface area (Å²) in [7, 11) is 0. The first kappa shape index (κ1) is 19.0. The largest absolute Gasteiger partial charge is 0.494 e. The molecular formula is C22H26N2O3. The predicted molar refractivity (Wildman–Crippen MR) is 106 cm³/mol. The van der Waals surface area contributed by atoms with E-state index in [4.69, 9.17) is 4.74 Å². The standard InChI is InChI=1S/C22H26N2O3/c1-2-3-15-27-19-11-9-17(10-12-19)16-23-21(25)20-13-14-24(22(20)26)18-7-5-4-6-8-18/h4-12,20H,2-3,13-16H2,1H3,(H,23,25). The zero-order chi connectivity index (χ0) is 19.1. The third-order valence-electron chi connectivity index (χ3n) is 4.75. The first-order valence-corrected chi connectivity index (χ1v) is 9.55. The van der Waals surface area contributed by atoms with E-state index in [-0.39, 0.29) is 11.8 Å². The molecule has 27 heavy (non-hydrogen) atoms. The van der Waals surface area contributed by atoms with Gasteiger partial charge in [-0.05, 0) is 42.7 Å². The Kier molecular flexibility index (Phi) is 6.47. The van der Waals surface area contributed by atoms with Gasteiger partial charge in [0.2, 0.25) is 11.8 Å². The fraction of sp³-hybridized carbons (Fsp3) is 0.364. The Labute approximate surface area is 160 Å². The van der Waals surface area contributed by atoms with Gasteiger partial charge in [0, 0.05) is 18.8 Å². The topological polar surface area (TPSA) is 58.6 Å². The van der Waals surface area contributed by atoms with E-state index in [2.05, 4.69) is 12.2 Å². The minimum absolute atomic E-state index is 0.127. The summed E-state index contributed by atoms with van der Waals surface area (Å²) >= 11 is 0. The molecule has 2 aromatic carbocycles. The molecule has 2 amide bonds. The molecule has 1 unspecified atom stereocenters. The summed E-state index contributed by atoms with van der Waals surface area (Å²) in [6.07, 6.45) is 2.68. The monoisotopic (exact) mass is 366 g/mol. The summed E-state index contributed by atoms with van der Waals surface area (Å²) < 4.78 is 5.64. The summed E-state index contributed by atoms with van der Waals surface area (Å²) in [5.74, 6) is -0.107. The second-order valence-corrected chi connectivity index (χ2v) is 6.73. The van der Waals surface area contributed by atoms with Crippen LogP contribution in [0.15, 0.2) is 54.6 Å². The van der Waals surface area contributed by atoms with Gasteiger partial charge in [-0.1, -0.05) is 43.7 Å². The second-order valence-electron chi connectivity index (χ2n) is 6.73. The zero-order valence-electron chi connectivity index (χ0n) is 15.7. The summed E-state index contributed by atoms with van der Waals surface area (Å²) in [4.78, 5) is 26.7. The number of ether oxygens (including phenoxy) is 1. The van der Waals surface area contributed by atoms with Crippen LogP contribution in [0.3, 0.4) is 0 Å². The Morgan fingerprint density at radius 3 is 2.59 bits per heavy atom. The van der Waals surface area contributed by atoms with E-state index in [1.165, 1.54) is 0 Å². The van der Waals surface area contributed by atoms with Crippen molar-refractivity contribution in [1.82, 2.24) is 5.32 Å². The Hall–Kier alpha value is -2.82. The highest BCUT2D eigenvalue weighted by Crippen LogP contribution is 2.25. The maximum atomic E-state index is 12.6. The summed E-state index contributed by atoms with van der Waals surface area (Å²) in [6, 6.07) is 17.2. The highest BCUT2D eigenvalue weighted by atomic mass is 16.5. The molecule has 1 heterocycles. The fourth-order valence-electron chi connectivity index (χ4n) is 3.14. The third kappa shape index (κ3) is 4.88. The van der Waals surface area contributed by atoms with Crippen LogP contribution < -0.4 is 15.0 Å². The van der Waals surface area contributed by atoms with Crippen LogP contribution in [0.1, 0.15) is 31.7 Å². The number of rotatable bonds is 8. The van der Waals surface area contributed by atoms with Crippen LogP contribution in [-0.4, -0.2) is 25.0 Å². The highest BCUT2D eigenvalue weighted by Gasteiger charge is 2.37. The quantitative estimate of drug-likeness (QED) is 0.574. The Balaban J connectivity index is 1.50. The lowest BCUT2D eigenvalue weighted by atomic mass is 10.1. The maximum Gasteiger partial charge on any atom is 0.239 e. The average molecular weight is 366 g/mol. The number of carbonyl (C=O) groups excluding carboxylic acids is 2. The van der Waals surface area contributed by atoms with Crippen LogP contribution in [0.2, 0.25) is 0 Å². The molecule has 1 saturated heterocycles. The van der Waals surface area contributed by atoms with Gasteiger partial charge in [-0.25, -0.2) is 0 Å². The van der Waals surface area contributed by atoms with Gasteiger partial charge in [0.25, 0.3) is 0 Å². The number of anilines is 1. The van der Waals surface area contributed by atoms with Crippen LogP contribution in [0, 0.1) is 5.92 Å². The van der Waals surface area contributed by atoms with Crippen molar-refractivity contribution < 1.29 is 14.3 Å². The molecule has 0 spiro atoms. The first-order chi connectivity index (χ1) is 13.2. The molecule has 1 N–H and O–H groups in total. The first-order valence-electron chi connectivity index (χ1n) is 9.55. The lowest BCUT2D eigenvalue weighted by Gasteiger charge is -2.16. The Morgan fingerprint density at radius 1 is 1.15 bits per heavy atom. The third-order valence-corrected chi connectivity index (χ3v) is 4.75. The Morgan fingerprint density at radius 2 is 1.89 bits per heavy atom. The lowest BCUT2D eigenvalue weighted by Crippen LogP contribution is -2.36. The fourth-order valence-corrected chi connectivity index (χ4v) is 3.14. The number of carbonyl (C=O) groups is 2. The molecule has 0 radical (unpaired) electrons. The van der Waals surface area contributed by atoms with Gasteiger partial charge in [0.15, 0.2) is 0 Å². The van der Waals surface area contributed by atoms with E-state index in [1.54, 1.807) is 4.90 Å². The van der Waals surface area contributed by atoms with Crippen LogP contribution in [0.25, 0.3) is 0 Å². The number of para-hydroxylation sites is 1. The van der Waals surface area contributed by atoms with Gasteiger partial charge in [0.1, 0.15) is 11.7 Å². The van der Waals surface area contributed by atoms with Crippen LogP contribution in [0.5, 0.6) is 5.75 Å². The molecule has 1 atom stereocenters. The highest BCUT2D eigenvalue weighted by molar-refractivity contribution is 6.09. The van der Waals surface area contributed by atoms with Crippen molar-refractivity contribution in [2.75, 3.05) is 18.1 Å². The molecule has 142 valence electrons. The van der Waals surface area contributed by atoms with Crippen molar-refractivity contribution in [3.63, 3.8) is 0 Å². The van der Waals surface area contributed by atoms with Crippen LogP contribution in [0.4, 0.5) is 5.69 Å². The van der Waals surface area contributed by atoms with Crippen LogP contribution >= 0.6 is 0 Å². The molecule has 0 bridgehead atoms. The van der Waals surface area contributed by atoms with Gasteiger partial charge in [-0.2, -0.15) is 0 Å². The molecule has 5 heteroatoms. The van der Waals surface area contributed by atoms with Crippen molar-refractivity contribution in [3.05, 3.63) is 60.2 Å². The van der Waals surface area contributed by atoms with E-state index in [1.807, 2.05) is 54.6 Å². The molecule has 3 rings (SSSR count). The normalized spacial score (nSPS) is 16.4.